The zero-order chi connectivity index (χ0) is 24.9. The van der Waals surface area contributed by atoms with Gasteiger partial charge in [0, 0.05) is 18.0 Å². The maximum Gasteiger partial charge on any atom is 0.354 e. The monoisotopic (exact) mass is 491 g/mol. The van der Waals surface area contributed by atoms with E-state index in [9.17, 15) is 14.7 Å². The number of aryl methyl sites for hydroxylation is 2. The molecule has 5 rings (SSSR count). The van der Waals surface area contributed by atoms with E-state index in [4.69, 9.17) is 13.9 Å². The molecule has 0 atom stereocenters. The number of methoxy groups -OCH3 is 2. The van der Waals surface area contributed by atoms with Gasteiger partial charge in [-0.1, -0.05) is 23.9 Å². The second-order valence-electron chi connectivity index (χ2n) is 7.80. The predicted molar refractivity (Wildman–Crippen MR) is 132 cm³/mol. The second kappa shape index (κ2) is 8.55. The molecule has 0 radical (unpaired) electrons. The van der Waals surface area contributed by atoms with Gasteiger partial charge >= 0.3 is 5.63 Å². The largest absolute Gasteiger partial charge is 0.505 e. The molecule has 0 saturated heterocycles. The van der Waals surface area contributed by atoms with Crippen LogP contribution in [-0.4, -0.2) is 33.7 Å². The average molecular weight is 492 g/mol. The molecule has 0 unspecified atom stereocenters. The number of rotatable bonds is 5. The molecular formula is C25H21N3O6S. The smallest absolute Gasteiger partial charge is 0.354 e. The highest BCUT2D eigenvalue weighted by Crippen LogP contribution is 2.39. The van der Waals surface area contributed by atoms with E-state index in [1.165, 1.54) is 18.8 Å². The first-order chi connectivity index (χ1) is 16.8. The van der Waals surface area contributed by atoms with Gasteiger partial charge in [0.25, 0.3) is 5.56 Å². The molecular weight excluding hydrogens is 470 g/mol. The number of ether oxygens (including phenoxy) is 2. The number of fused-ring (bicyclic) bond motifs is 3. The Morgan fingerprint density at radius 2 is 1.69 bits per heavy atom. The lowest BCUT2D eigenvalue weighted by Crippen LogP contribution is -2.22. The van der Waals surface area contributed by atoms with E-state index in [0.29, 0.717) is 38.8 Å². The van der Waals surface area contributed by atoms with Gasteiger partial charge in [0.05, 0.1) is 31.0 Å². The van der Waals surface area contributed by atoms with Crippen molar-refractivity contribution in [2.75, 3.05) is 14.2 Å². The maximum atomic E-state index is 13.9. The van der Waals surface area contributed by atoms with Gasteiger partial charge in [-0.15, -0.1) is 0 Å². The van der Waals surface area contributed by atoms with Gasteiger partial charge in [0.15, 0.2) is 11.3 Å². The third-order valence-corrected chi connectivity index (χ3v) is 6.73. The van der Waals surface area contributed by atoms with Crippen molar-refractivity contribution in [3.05, 3.63) is 75.0 Å². The fourth-order valence-corrected chi connectivity index (χ4v) is 5.00. The fourth-order valence-electron chi connectivity index (χ4n) is 4.12. The molecule has 3 heterocycles. The van der Waals surface area contributed by atoms with Crippen molar-refractivity contribution in [3.63, 3.8) is 0 Å². The molecule has 2 aromatic carbocycles. The summed E-state index contributed by atoms with van der Waals surface area (Å²) >= 11 is 0.991. The van der Waals surface area contributed by atoms with Crippen molar-refractivity contribution in [3.8, 4) is 22.9 Å². The highest BCUT2D eigenvalue weighted by molar-refractivity contribution is 7.99. The highest BCUT2D eigenvalue weighted by Gasteiger charge is 2.26. The fraction of sp³-hybridized carbons (Fsp3) is 0.160. The molecule has 0 spiro atoms. The minimum absolute atomic E-state index is 0.00719. The lowest BCUT2D eigenvalue weighted by Gasteiger charge is -2.13. The van der Waals surface area contributed by atoms with Crippen molar-refractivity contribution in [2.45, 2.75) is 16.7 Å². The van der Waals surface area contributed by atoms with Gasteiger partial charge in [-0.05, 0) is 37.3 Å². The molecule has 9 nitrogen and oxygen atoms in total. The number of aromatic nitrogens is 3. The van der Waals surface area contributed by atoms with E-state index in [1.54, 1.807) is 67.2 Å². The Kier molecular flexibility index (Phi) is 5.52. The molecule has 0 bridgehead atoms. The molecule has 3 aromatic heterocycles. The normalized spacial score (nSPS) is 11.3. The number of pyridine rings is 1. The van der Waals surface area contributed by atoms with Crippen LogP contribution in [-0.2, 0) is 7.05 Å². The minimum Gasteiger partial charge on any atom is -0.505 e. The van der Waals surface area contributed by atoms with Crippen molar-refractivity contribution >= 4 is 33.8 Å². The van der Waals surface area contributed by atoms with E-state index in [2.05, 4.69) is 5.10 Å². The number of aromatic hydroxyl groups is 1. The lowest BCUT2D eigenvalue weighted by atomic mass is 10.1. The Morgan fingerprint density at radius 3 is 2.40 bits per heavy atom. The van der Waals surface area contributed by atoms with E-state index in [0.717, 1.165) is 11.8 Å². The highest BCUT2D eigenvalue weighted by atomic mass is 32.2. The summed E-state index contributed by atoms with van der Waals surface area (Å²) < 4.78 is 19.2. The quantitative estimate of drug-likeness (QED) is 0.393. The Bertz CT molecular complexity index is 1730. The molecule has 10 heteroatoms. The van der Waals surface area contributed by atoms with Crippen LogP contribution in [0.1, 0.15) is 5.69 Å². The summed E-state index contributed by atoms with van der Waals surface area (Å²) in [6, 6.07) is 14.0. The summed E-state index contributed by atoms with van der Waals surface area (Å²) in [4.78, 5) is 27.4. The summed E-state index contributed by atoms with van der Waals surface area (Å²) in [5.41, 5.74) is 0.149. The van der Waals surface area contributed by atoms with Crippen LogP contribution in [0.15, 0.2) is 72.3 Å². The molecule has 1 N–H and O–H groups in total. The van der Waals surface area contributed by atoms with Gasteiger partial charge in [-0.25, -0.2) is 4.79 Å². The van der Waals surface area contributed by atoms with Gasteiger partial charge in [0.2, 0.25) is 0 Å². The van der Waals surface area contributed by atoms with Crippen molar-refractivity contribution in [1.29, 1.82) is 0 Å². The van der Waals surface area contributed by atoms with E-state index in [-0.39, 0.29) is 15.9 Å². The predicted octanol–water partition coefficient (Wildman–Crippen LogP) is 4.01. The average Bonchev–Trinajstić information content (AvgIpc) is 3.15. The van der Waals surface area contributed by atoms with Crippen LogP contribution in [0.25, 0.3) is 27.7 Å². The zero-order valence-electron chi connectivity index (χ0n) is 19.4. The van der Waals surface area contributed by atoms with Crippen LogP contribution in [0.3, 0.4) is 0 Å². The van der Waals surface area contributed by atoms with Crippen LogP contribution < -0.4 is 20.7 Å². The minimum atomic E-state index is -0.758. The number of hydrogen-bond donors (Lipinski definition) is 1. The Labute approximate surface area is 203 Å². The Balaban J connectivity index is 1.87. The number of hydrogen-bond acceptors (Lipinski definition) is 8. The third kappa shape index (κ3) is 3.62. The van der Waals surface area contributed by atoms with E-state index < -0.39 is 16.9 Å². The van der Waals surface area contributed by atoms with Gasteiger partial charge in [-0.3, -0.25) is 14.0 Å². The third-order valence-electron chi connectivity index (χ3n) is 5.68. The molecule has 35 heavy (non-hydrogen) atoms. The van der Waals surface area contributed by atoms with E-state index >= 15 is 0 Å². The number of benzene rings is 2. The zero-order valence-corrected chi connectivity index (χ0v) is 20.2. The Morgan fingerprint density at radius 1 is 1.00 bits per heavy atom. The van der Waals surface area contributed by atoms with Crippen molar-refractivity contribution in [2.24, 2.45) is 7.05 Å². The molecule has 0 aliphatic heterocycles. The standard InChI is InChI=1S/C25H21N3O6S/c1-13-18-21-19(20(29)22(25(31)34-21)35-17-10-6-9-16(12-17)33-4)24(30)28(23(18)27(2)26-13)14-7-5-8-15(11-14)32-3/h5-12,29H,1-4H3. The molecule has 0 aliphatic rings. The van der Waals surface area contributed by atoms with Gasteiger partial charge in [-0.2, -0.15) is 5.10 Å². The lowest BCUT2D eigenvalue weighted by molar-refractivity contribution is 0.413. The molecule has 0 saturated carbocycles. The topological polar surface area (TPSA) is 109 Å². The number of nitrogens with zero attached hydrogens (tertiary/aromatic N) is 3. The van der Waals surface area contributed by atoms with Crippen molar-refractivity contribution in [1.82, 2.24) is 14.3 Å². The van der Waals surface area contributed by atoms with Crippen LogP contribution in [0.2, 0.25) is 0 Å². The summed E-state index contributed by atoms with van der Waals surface area (Å²) in [6.07, 6.45) is 0. The molecule has 0 aliphatic carbocycles. The van der Waals surface area contributed by atoms with Gasteiger partial charge < -0.3 is 19.0 Å². The van der Waals surface area contributed by atoms with Crippen molar-refractivity contribution < 1.29 is 19.0 Å². The summed E-state index contributed by atoms with van der Waals surface area (Å²) in [5, 5.41) is 16.0. The molecule has 0 fully saturated rings. The first-order valence-electron chi connectivity index (χ1n) is 10.6. The first kappa shape index (κ1) is 22.6. The molecule has 0 amide bonds. The second-order valence-corrected chi connectivity index (χ2v) is 8.89. The summed E-state index contributed by atoms with van der Waals surface area (Å²) in [5.74, 6) is 0.697. The van der Waals surface area contributed by atoms with E-state index in [1.807, 2.05) is 0 Å². The van der Waals surface area contributed by atoms with Crippen LogP contribution in [0, 0.1) is 6.92 Å². The van der Waals surface area contributed by atoms with Crippen LogP contribution in [0.4, 0.5) is 0 Å². The Hall–Kier alpha value is -4.18. The summed E-state index contributed by atoms with van der Waals surface area (Å²) in [7, 11) is 4.77. The first-order valence-corrected chi connectivity index (χ1v) is 11.4. The summed E-state index contributed by atoms with van der Waals surface area (Å²) in [6.45, 7) is 1.75. The van der Waals surface area contributed by atoms with Crippen LogP contribution in [0.5, 0.6) is 17.2 Å². The van der Waals surface area contributed by atoms with Gasteiger partial charge in [0.1, 0.15) is 27.4 Å². The SMILES string of the molecule is COc1cccc(Sc2c(O)c3c(=O)n(-c4cccc(OC)c4)c4c(c(C)nn4C)c3oc2=O)c1. The maximum absolute atomic E-state index is 13.9. The molecule has 178 valence electrons. The van der Waals surface area contributed by atoms with Crippen LogP contribution >= 0.6 is 11.8 Å². The molecule has 5 aromatic rings.